The SMILES string of the molecule is CC(=O)N(CCNS(=O)(=O)c1ccc2c(c1)CCN2C(C)=O)CC(C)C. The first-order valence-corrected chi connectivity index (χ1v) is 10.3. The minimum absolute atomic E-state index is 0.0491. The van der Waals surface area contributed by atoms with E-state index >= 15 is 0 Å². The van der Waals surface area contributed by atoms with Crippen molar-refractivity contribution in [1.29, 1.82) is 0 Å². The fourth-order valence-corrected chi connectivity index (χ4v) is 4.16. The highest BCUT2D eigenvalue weighted by molar-refractivity contribution is 7.89. The maximum absolute atomic E-state index is 12.5. The summed E-state index contributed by atoms with van der Waals surface area (Å²) in [4.78, 5) is 26.7. The van der Waals surface area contributed by atoms with Gasteiger partial charge in [-0.1, -0.05) is 13.8 Å². The van der Waals surface area contributed by atoms with Gasteiger partial charge in [-0.05, 0) is 36.1 Å². The van der Waals surface area contributed by atoms with Crippen molar-refractivity contribution in [2.24, 2.45) is 5.92 Å². The zero-order chi connectivity index (χ0) is 19.5. The molecule has 1 aliphatic rings. The van der Waals surface area contributed by atoms with Gasteiger partial charge >= 0.3 is 0 Å². The summed E-state index contributed by atoms with van der Waals surface area (Å²) in [7, 11) is -3.66. The molecule has 1 aliphatic heterocycles. The van der Waals surface area contributed by atoms with Crippen LogP contribution < -0.4 is 9.62 Å². The highest BCUT2D eigenvalue weighted by Crippen LogP contribution is 2.30. The summed E-state index contributed by atoms with van der Waals surface area (Å²) in [6.07, 6.45) is 0.644. The average Bonchev–Trinajstić information content (AvgIpc) is 2.96. The molecule has 7 nitrogen and oxygen atoms in total. The molecule has 1 N–H and O–H groups in total. The number of anilines is 1. The average molecular weight is 381 g/mol. The van der Waals surface area contributed by atoms with Crippen LogP contribution >= 0.6 is 0 Å². The van der Waals surface area contributed by atoms with Crippen LogP contribution in [0.1, 0.15) is 33.3 Å². The van der Waals surface area contributed by atoms with Crippen LogP contribution in [0.25, 0.3) is 0 Å². The zero-order valence-corrected chi connectivity index (χ0v) is 16.6. The second-order valence-corrected chi connectivity index (χ2v) is 8.73. The highest BCUT2D eigenvalue weighted by atomic mass is 32.2. The van der Waals surface area contributed by atoms with Crippen molar-refractivity contribution in [2.75, 3.05) is 31.1 Å². The molecule has 2 rings (SSSR count). The maximum Gasteiger partial charge on any atom is 0.240 e. The van der Waals surface area contributed by atoms with Crippen LogP contribution in [0.15, 0.2) is 23.1 Å². The van der Waals surface area contributed by atoms with Gasteiger partial charge in [0.25, 0.3) is 0 Å². The molecule has 26 heavy (non-hydrogen) atoms. The second kappa shape index (κ2) is 8.18. The molecule has 1 aromatic rings. The summed E-state index contributed by atoms with van der Waals surface area (Å²) in [5, 5.41) is 0. The van der Waals surface area contributed by atoms with E-state index in [1.165, 1.54) is 19.9 Å². The van der Waals surface area contributed by atoms with Gasteiger partial charge in [0.05, 0.1) is 4.90 Å². The molecule has 0 aliphatic carbocycles. The van der Waals surface area contributed by atoms with Crippen molar-refractivity contribution in [3.8, 4) is 0 Å². The van der Waals surface area contributed by atoms with E-state index in [9.17, 15) is 18.0 Å². The Morgan fingerprint density at radius 3 is 2.54 bits per heavy atom. The third-order valence-corrected chi connectivity index (χ3v) is 5.80. The quantitative estimate of drug-likeness (QED) is 0.773. The molecule has 0 bridgehead atoms. The number of carbonyl (C=O) groups is 2. The molecule has 0 atom stereocenters. The molecule has 0 unspecified atom stereocenters. The molecular formula is C18H27N3O4S. The number of nitrogens with one attached hydrogen (secondary N) is 1. The van der Waals surface area contributed by atoms with Crippen LogP contribution in [0, 0.1) is 5.92 Å². The summed E-state index contributed by atoms with van der Waals surface area (Å²) in [5.74, 6) is 0.197. The molecule has 0 spiro atoms. The second-order valence-electron chi connectivity index (χ2n) is 6.97. The van der Waals surface area contributed by atoms with Crippen molar-refractivity contribution in [3.63, 3.8) is 0 Å². The first-order valence-electron chi connectivity index (χ1n) is 8.78. The van der Waals surface area contributed by atoms with Gasteiger partial charge in [0, 0.05) is 45.7 Å². The van der Waals surface area contributed by atoms with E-state index < -0.39 is 10.0 Å². The largest absolute Gasteiger partial charge is 0.341 e. The molecule has 0 aromatic heterocycles. The Hall–Kier alpha value is -1.93. The van der Waals surface area contributed by atoms with Crippen molar-refractivity contribution in [2.45, 2.75) is 39.0 Å². The lowest BCUT2D eigenvalue weighted by molar-refractivity contribution is -0.129. The smallest absolute Gasteiger partial charge is 0.240 e. The molecule has 0 fully saturated rings. The van der Waals surface area contributed by atoms with E-state index in [2.05, 4.69) is 4.72 Å². The maximum atomic E-state index is 12.5. The van der Waals surface area contributed by atoms with E-state index in [-0.39, 0.29) is 23.3 Å². The van der Waals surface area contributed by atoms with Crippen LogP contribution in [0.3, 0.4) is 0 Å². The first-order chi connectivity index (χ1) is 12.1. The van der Waals surface area contributed by atoms with Gasteiger partial charge in [-0.2, -0.15) is 0 Å². The van der Waals surface area contributed by atoms with Gasteiger partial charge in [-0.15, -0.1) is 0 Å². The standard InChI is InChI=1S/C18H27N3O4S/c1-13(2)12-20(14(3)22)10-8-19-26(24,25)17-5-6-18-16(11-17)7-9-21(18)15(4)23/h5-6,11,13,19H,7-10,12H2,1-4H3. The Kier molecular flexibility index (Phi) is 6.41. The Balaban J connectivity index is 2.04. The Bertz CT molecular complexity index is 790. The molecular weight excluding hydrogens is 354 g/mol. The van der Waals surface area contributed by atoms with E-state index in [1.807, 2.05) is 13.8 Å². The minimum Gasteiger partial charge on any atom is -0.341 e. The number of sulfonamides is 1. The number of nitrogens with zero attached hydrogens (tertiary/aromatic N) is 2. The number of hydrogen-bond donors (Lipinski definition) is 1. The highest BCUT2D eigenvalue weighted by Gasteiger charge is 2.24. The number of amides is 2. The van der Waals surface area contributed by atoms with E-state index in [4.69, 9.17) is 0 Å². The third-order valence-electron chi connectivity index (χ3n) is 4.34. The fourth-order valence-electron chi connectivity index (χ4n) is 3.09. The molecule has 1 heterocycles. The topological polar surface area (TPSA) is 86.8 Å². The number of rotatable bonds is 7. The van der Waals surface area contributed by atoms with Crippen molar-refractivity contribution < 1.29 is 18.0 Å². The Morgan fingerprint density at radius 1 is 1.27 bits per heavy atom. The molecule has 2 amide bonds. The van der Waals surface area contributed by atoms with E-state index in [0.717, 1.165) is 11.3 Å². The van der Waals surface area contributed by atoms with Crippen LogP contribution in [0.4, 0.5) is 5.69 Å². The molecule has 0 radical (unpaired) electrons. The first kappa shape index (κ1) is 20.4. The Morgan fingerprint density at radius 2 is 1.96 bits per heavy atom. The lowest BCUT2D eigenvalue weighted by Gasteiger charge is -2.23. The van der Waals surface area contributed by atoms with Crippen molar-refractivity contribution in [3.05, 3.63) is 23.8 Å². The summed E-state index contributed by atoms with van der Waals surface area (Å²) in [6, 6.07) is 4.82. The molecule has 144 valence electrons. The molecule has 0 saturated heterocycles. The third kappa shape index (κ3) is 4.82. The van der Waals surface area contributed by atoms with Gasteiger partial charge < -0.3 is 9.80 Å². The molecule has 1 aromatic carbocycles. The van der Waals surface area contributed by atoms with E-state index in [0.29, 0.717) is 32.0 Å². The summed E-state index contributed by atoms with van der Waals surface area (Å²) >= 11 is 0. The van der Waals surface area contributed by atoms with Gasteiger partial charge in [-0.25, -0.2) is 13.1 Å². The lowest BCUT2D eigenvalue weighted by atomic mass is 10.2. The summed E-state index contributed by atoms with van der Waals surface area (Å²) in [5.41, 5.74) is 1.63. The predicted molar refractivity (Wildman–Crippen MR) is 100 cm³/mol. The van der Waals surface area contributed by atoms with Crippen LogP contribution in [-0.2, 0) is 26.0 Å². The number of benzene rings is 1. The van der Waals surface area contributed by atoms with Crippen LogP contribution in [-0.4, -0.2) is 51.3 Å². The van der Waals surface area contributed by atoms with Gasteiger partial charge in [-0.3, -0.25) is 9.59 Å². The number of carbonyl (C=O) groups excluding carboxylic acids is 2. The van der Waals surface area contributed by atoms with Gasteiger partial charge in [0.2, 0.25) is 21.8 Å². The van der Waals surface area contributed by atoms with Crippen molar-refractivity contribution >= 4 is 27.5 Å². The summed E-state index contributed by atoms with van der Waals surface area (Å²) < 4.78 is 27.6. The van der Waals surface area contributed by atoms with Crippen LogP contribution in [0.5, 0.6) is 0 Å². The minimum atomic E-state index is -3.66. The van der Waals surface area contributed by atoms with Gasteiger partial charge in [0.15, 0.2) is 0 Å². The molecule has 8 heteroatoms. The lowest BCUT2D eigenvalue weighted by Crippen LogP contribution is -2.39. The predicted octanol–water partition coefficient (Wildman–Crippen LogP) is 1.38. The zero-order valence-electron chi connectivity index (χ0n) is 15.8. The van der Waals surface area contributed by atoms with Gasteiger partial charge in [0.1, 0.15) is 0 Å². The van der Waals surface area contributed by atoms with Crippen molar-refractivity contribution in [1.82, 2.24) is 9.62 Å². The monoisotopic (exact) mass is 381 g/mol. The molecule has 0 saturated carbocycles. The number of hydrogen-bond acceptors (Lipinski definition) is 4. The van der Waals surface area contributed by atoms with E-state index in [1.54, 1.807) is 21.9 Å². The van der Waals surface area contributed by atoms with Crippen LogP contribution in [0.2, 0.25) is 0 Å². The Labute approximate surface area is 155 Å². The normalized spacial score (nSPS) is 13.8. The number of fused-ring (bicyclic) bond motifs is 1. The fraction of sp³-hybridized carbons (Fsp3) is 0.556. The summed E-state index contributed by atoms with van der Waals surface area (Å²) in [6.45, 7) is 8.66.